The Labute approximate surface area is 167 Å². The summed E-state index contributed by atoms with van der Waals surface area (Å²) >= 11 is 1.19. The first-order valence-corrected chi connectivity index (χ1v) is 9.96. The van der Waals surface area contributed by atoms with Crippen molar-refractivity contribution >= 4 is 29.1 Å². The number of hydrogen-bond acceptors (Lipinski definition) is 6. The molecule has 2 aromatic carbocycles. The van der Waals surface area contributed by atoms with Gasteiger partial charge in [-0.25, -0.2) is 0 Å². The van der Waals surface area contributed by atoms with E-state index in [2.05, 4.69) is 46.7 Å². The second-order valence-electron chi connectivity index (χ2n) is 6.28. The van der Waals surface area contributed by atoms with Crippen LogP contribution in [0.5, 0.6) is 0 Å². The van der Waals surface area contributed by atoms with Gasteiger partial charge in [0.05, 0.1) is 12.2 Å². The Kier molecular flexibility index (Phi) is 6.60. The number of aromatic nitrogens is 2. The highest BCUT2D eigenvalue weighted by atomic mass is 32.2. The van der Waals surface area contributed by atoms with Gasteiger partial charge in [-0.05, 0) is 48.7 Å². The number of Topliss-reactive ketones (excluding diaryl/α,β-unsaturated/α-hetero) is 1. The van der Waals surface area contributed by atoms with Crippen LogP contribution in [0.3, 0.4) is 0 Å². The summed E-state index contributed by atoms with van der Waals surface area (Å²) in [6.45, 7) is 3.62. The molecule has 0 fully saturated rings. The molecule has 0 spiro atoms. The Balaban J connectivity index is 1.49. The molecular weight excluding hydrogens is 374 g/mol. The number of ketones is 1. The maximum absolute atomic E-state index is 12.1. The smallest absolute Gasteiger partial charge is 0.277 e. The second kappa shape index (κ2) is 9.32. The molecule has 28 heavy (non-hydrogen) atoms. The number of anilines is 1. The first kappa shape index (κ1) is 19.8. The molecular formula is C21H21N3O3S. The van der Waals surface area contributed by atoms with E-state index in [1.54, 1.807) is 24.3 Å². The van der Waals surface area contributed by atoms with Gasteiger partial charge in [0, 0.05) is 11.3 Å². The Morgan fingerprint density at radius 3 is 2.32 bits per heavy atom. The number of hydrogen-bond donors (Lipinski definition) is 1. The zero-order chi connectivity index (χ0) is 19.9. The van der Waals surface area contributed by atoms with Crippen molar-refractivity contribution in [1.82, 2.24) is 10.2 Å². The van der Waals surface area contributed by atoms with Crippen LogP contribution in [0.15, 0.2) is 58.2 Å². The molecule has 3 aromatic rings. The summed E-state index contributed by atoms with van der Waals surface area (Å²) in [6, 6.07) is 15.1. The van der Waals surface area contributed by atoms with E-state index in [0.29, 0.717) is 28.8 Å². The van der Waals surface area contributed by atoms with Crippen LogP contribution in [-0.2, 0) is 17.6 Å². The lowest BCUT2D eigenvalue weighted by atomic mass is 10.1. The van der Waals surface area contributed by atoms with Crippen molar-refractivity contribution < 1.29 is 14.0 Å². The fourth-order valence-corrected chi connectivity index (χ4v) is 3.13. The number of aryl methyl sites for hydroxylation is 1. The zero-order valence-electron chi connectivity index (χ0n) is 15.8. The van der Waals surface area contributed by atoms with Gasteiger partial charge in [0.2, 0.25) is 11.8 Å². The number of carbonyl (C=O) groups is 2. The van der Waals surface area contributed by atoms with Crippen LogP contribution in [0.25, 0.3) is 0 Å². The summed E-state index contributed by atoms with van der Waals surface area (Å²) in [7, 11) is 0. The van der Waals surface area contributed by atoms with Gasteiger partial charge >= 0.3 is 0 Å². The summed E-state index contributed by atoms with van der Waals surface area (Å²) in [5.74, 6) is 0.478. The molecule has 0 atom stereocenters. The monoisotopic (exact) mass is 395 g/mol. The largest absolute Gasteiger partial charge is 0.416 e. The molecule has 1 N–H and O–H groups in total. The molecule has 0 aliphatic heterocycles. The Morgan fingerprint density at radius 2 is 1.68 bits per heavy atom. The van der Waals surface area contributed by atoms with E-state index in [1.807, 2.05) is 0 Å². The molecule has 1 heterocycles. The van der Waals surface area contributed by atoms with Gasteiger partial charge in [-0.15, -0.1) is 10.2 Å². The number of thioether (sulfide) groups is 1. The number of benzene rings is 2. The van der Waals surface area contributed by atoms with E-state index in [0.717, 1.165) is 12.0 Å². The van der Waals surface area contributed by atoms with Gasteiger partial charge in [0.25, 0.3) is 5.22 Å². The van der Waals surface area contributed by atoms with Gasteiger partial charge in [0.15, 0.2) is 5.78 Å². The van der Waals surface area contributed by atoms with Crippen molar-refractivity contribution in [3.05, 3.63) is 71.1 Å². The lowest BCUT2D eigenvalue weighted by Crippen LogP contribution is -2.14. The van der Waals surface area contributed by atoms with Crippen molar-refractivity contribution in [1.29, 1.82) is 0 Å². The van der Waals surface area contributed by atoms with E-state index in [-0.39, 0.29) is 17.4 Å². The molecule has 0 unspecified atom stereocenters. The predicted octanol–water partition coefficient (Wildman–Crippen LogP) is 4.16. The molecule has 0 saturated heterocycles. The summed E-state index contributed by atoms with van der Waals surface area (Å²) < 4.78 is 5.61. The van der Waals surface area contributed by atoms with Crippen molar-refractivity contribution in [3.63, 3.8) is 0 Å². The molecule has 6 nitrogen and oxygen atoms in total. The number of amides is 1. The maximum Gasteiger partial charge on any atom is 0.277 e. The van der Waals surface area contributed by atoms with E-state index in [9.17, 15) is 9.59 Å². The summed E-state index contributed by atoms with van der Waals surface area (Å²) in [5.41, 5.74) is 3.63. The minimum atomic E-state index is -0.185. The number of carbonyl (C=O) groups excluding carboxylic acids is 2. The van der Waals surface area contributed by atoms with E-state index in [4.69, 9.17) is 4.42 Å². The normalized spacial score (nSPS) is 10.6. The van der Waals surface area contributed by atoms with E-state index >= 15 is 0 Å². The topological polar surface area (TPSA) is 85.1 Å². The average molecular weight is 395 g/mol. The first-order valence-electron chi connectivity index (χ1n) is 8.97. The van der Waals surface area contributed by atoms with Gasteiger partial charge in [-0.1, -0.05) is 43.0 Å². The Hall–Kier alpha value is -2.93. The fourth-order valence-electron chi connectivity index (χ4n) is 2.55. The molecule has 3 rings (SSSR count). The second-order valence-corrected chi connectivity index (χ2v) is 7.21. The lowest BCUT2D eigenvalue weighted by molar-refractivity contribution is -0.113. The fraction of sp³-hybridized carbons (Fsp3) is 0.238. The quantitative estimate of drug-likeness (QED) is 0.455. The Morgan fingerprint density at radius 1 is 1.00 bits per heavy atom. The van der Waals surface area contributed by atoms with Crippen LogP contribution in [0.2, 0.25) is 0 Å². The number of rotatable bonds is 8. The van der Waals surface area contributed by atoms with Crippen LogP contribution >= 0.6 is 11.8 Å². The Bertz CT molecular complexity index is 950. The summed E-state index contributed by atoms with van der Waals surface area (Å²) in [4.78, 5) is 23.3. The molecule has 0 bridgehead atoms. The maximum atomic E-state index is 12.1. The molecule has 0 saturated carbocycles. The average Bonchev–Trinajstić information content (AvgIpc) is 3.15. The third-order valence-electron chi connectivity index (χ3n) is 4.14. The van der Waals surface area contributed by atoms with Gasteiger partial charge in [-0.2, -0.15) is 0 Å². The highest BCUT2D eigenvalue weighted by molar-refractivity contribution is 7.99. The minimum absolute atomic E-state index is 0.0121. The summed E-state index contributed by atoms with van der Waals surface area (Å²) in [6.07, 6.45) is 1.57. The molecule has 0 radical (unpaired) electrons. The predicted molar refractivity (Wildman–Crippen MR) is 109 cm³/mol. The van der Waals surface area contributed by atoms with Gasteiger partial charge < -0.3 is 9.73 Å². The number of nitrogens with one attached hydrogen (secondary N) is 1. The molecule has 0 aliphatic carbocycles. The van der Waals surface area contributed by atoms with Crippen LogP contribution in [0.1, 0.15) is 41.2 Å². The molecule has 0 aliphatic rings. The third-order valence-corrected chi connectivity index (χ3v) is 4.96. The zero-order valence-corrected chi connectivity index (χ0v) is 16.6. The highest BCUT2D eigenvalue weighted by Crippen LogP contribution is 2.19. The standard InChI is InChI=1S/C21H21N3O3S/c1-3-15-4-6-16(7-5-15)12-20-23-24-21(27-20)28-13-19(26)22-18-10-8-17(9-11-18)14(2)25/h4-11H,3,12-13H2,1-2H3,(H,22,26). The number of nitrogens with zero attached hydrogens (tertiary/aromatic N) is 2. The van der Waals surface area contributed by atoms with Gasteiger partial charge in [0.1, 0.15) is 0 Å². The highest BCUT2D eigenvalue weighted by Gasteiger charge is 2.11. The van der Waals surface area contributed by atoms with Crippen molar-refractivity contribution in [2.45, 2.75) is 31.9 Å². The first-order chi connectivity index (χ1) is 13.5. The van der Waals surface area contributed by atoms with E-state index in [1.165, 1.54) is 24.2 Å². The van der Waals surface area contributed by atoms with Crippen LogP contribution in [0, 0.1) is 0 Å². The molecule has 1 amide bonds. The lowest BCUT2D eigenvalue weighted by Gasteiger charge is -2.04. The molecule has 7 heteroatoms. The van der Waals surface area contributed by atoms with Crippen LogP contribution in [-0.4, -0.2) is 27.6 Å². The van der Waals surface area contributed by atoms with Crippen LogP contribution in [0.4, 0.5) is 5.69 Å². The van der Waals surface area contributed by atoms with Crippen LogP contribution < -0.4 is 5.32 Å². The summed E-state index contributed by atoms with van der Waals surface area (Å²) in [5, 5.41) is 11.2. The molecule has 1 aromatic heterocycles. The van der Waals surface area contributed by atoms with Gasteiger partial charge in [-0.3, -0.25) is 9.59 Å². The van der Waals surface area contributed by atoms with Crippen molar-refractivity contribution in [3.8, 4) is 0 Å². The minimum Gasteiger partial charge on any atom is -0.416 e. The third kappa shape index (κ3) is 5.53. The molecule has 144 valence electrons. The van der Waals surface area contributed by atoms with Crippen molar-refractivity contribution in [2.75, 3.05) is 11.1 Å². The SMILES string of the molecule is CCc1ccc(Cc2nnc(SCC(=O)Nc3ccc(C(C)=O)cc3)o2)cc1. The van der Waals surface area contributed by atoms with Crippen molar-refractivity contribution in [2.24, 2.45) is 0 Å². The van der Waals surface area contributed by atoms with E-state index < -0.39 is 0 Å².